The van der Waals surface area contributed by atoms with Gasteiger partial charge in [-0.2, -0.15) is 0 Å². The first-order valence-corrected chi connectivity index (χ1v) is 7.39. The number of carbonyl (C=O) groups excluding carboxylic acids is 1. The summed E-state index contributed by atoms with van der Waals surface area (Å²) < 4.78 is 0. The Kier molecular flexibility index (Phi) is 5.68. The Labute approximate surface area is 124 Å². The van der Waals surface area contributed by atoms with Gasteiger partial charge >= 0.3 is 0 Å². The average molecular weight is 291 g/mol. The third-order valence-electron chi connectivity index (χ3n) is 3.80. The first-order valence-electron chi connectivity index (χ1n) is 7.39. The summed E-state index contributed by atoms with van der Waals surface area (Å²) in [5, 5.41) is 17.0. The van der Waals surface area contributed by atoms with Gasteiger partial charge in [-0.1, -0.05) is 24.6 Å². The summed E-state index contributed by atoms with van der Waals surface area (Å²) in [5.74, 6) is -0.0551. The van der Waals surface area contributed by atoms with Crippen LogP contribution < -0.4 is 10.6 Å². The van der Waals surface area contributed by atoms with Gasteiger partial charge in [0.05, 0.1) is 4.92 Å². The van der Waals surface area contributed by atoms with Gasteiger partial charge in [-0.15, -0.1) is 0 Å². The van der Waals surface area contributed by atoms with E-state index >= 15 is 0 Å². The first kappa shape index (κ1) is 15.4. The van der Waals surface area contributed by atoms with Crippen LogP contribution in [-0.2, 0) is 11.3 Å². The number of amides is 1. The number of rotatable bonds is 6. The number of piperidine rings is 1. The van der Waals surface area contributed by atoms with E-state index in [-0.39, 0.29) is 18.1 Å². The van der Waals surface area contributed by atoms with Crippen LogP contribution in [0.4, 0.5) is 5.69 Å². The first-order chi connectivity index (χ1) is 10.2. The number of carbonyl (C=O) groups is 1. The fourth-order valence-electron chi connectivity index (χ4n) is 2.60. The molecule has 1 fully saturated rings. The van der Waals surface area contributed by atoms with Crippen LogP contribution in [0.15, 0.2) is 24.3 Å². The quantitative estimate of drug-likeness (QED) is 0.621. The maximum atomic E-state index is 11.8. The molecule has 1 aliphatic rings. The number of hydrogen-bond donors (Lipinski definition) is 2. The van der Waals surface area contributed by atoms with Gasteiger partial charge in [0.25, 0.3) is 5.69 Å². The Morgan fingerprint density at radius 1 is 1.38 bits per heavy atom. The monoisotopic (exact) mass is 291 g/mol. The van der Waals surface area contributed by atoms with Gasteiger partial charge < -0.3 is 10.6 Å². The van der Waals surface area contributed by atoms with Crippen LogP contribution in [0.3, 0.4) is 0 Å². The van der Waals surface area contributed by atoms with Crippen molar-refractivity contribution in [2.75, 3.05) is 6.54 Å². The Morgan fingerprint density at radius 2 is 2.19 bits per heavy atom. The normalized spacial score (nSPS) is 18.2. The third kappa shape index (κ3) is 4.82. The van der Waals surface area contributed by atoms with Gasteiger partial charge in [0.15, 0.2) is 0 Å². The standard InChI is InChI=1S/C15H21N3O3/c19-15(9-8-13-6-3-4-10-16-13)17-11-12-5-1-2-7-14(12)18(20)21/h1-2,5,7,13,16H,3-4,6,8-11H2,(H,17,19). The second kappa shape index (κ2) is 7.73. The largest absolute Gasteiger partial charge is 0.352 e. The lowest BCUT2D eigenvalue weighted by molar-refractivity contribution is -0.385. The van der Waals surface area contributed by atoms with Crippen LogP contribution in [0.5, 0.6) is 0 Å². The zero-order valence-corrected chi connectivity index (χ0v) is 12.0. The van der Waals surface area contributed by atoms with Gasteiger partial charge in [0.2, 0.25) is 5.91 Å². The topological polar surface area (TPSA) is 84.3 Å². The molecule has 2 N–H and O–H groups in total. The molecule has 1 unspecified atom stereocenters. The van der Waals surface area contributed by atoms with Crippen LogP contribution in [-0.4, -0.2) is 23.4 Å². The minimum absolute atomic E-state index is 0.0479. The van der Waals surface area contributed by atoms with Gasteiger partial charge in [0, 0.05) is 30.6 Å². The minimum atomic E-state index is -0.423. The lowest BCUT2D eigenvalue weighted by atomic mass is 10.0. The van der Waals surface area contributed by atoms with E-state index in [0.717, 1.165) is 19.4 Å². The molecular formula is C15H21N3O3. The van der Waals surface area contributed by atoms with Crippen molar-refractivity contribution in [3.05, 3.63) is 39.9 Å². The molecule has 6 nitrogen and oxygen atoms in total. The Morgan fingerprint density at radius 3 is 2.90 bits per heavy atom. The Balaban J connectivity index is 1.77. The molecular weight excluding hydrogens is 270 g/mol. The summed E-state index contributed by atoms with van der Waals surface area (Å²) in [6.07, 6.45) is 4.83. The van der Waals surface area contributed by atoms with Crippen LogP contribution in [0, 0.1) is 10.1 Å². The number of nitrogens with zero attached hydrogens (tertiary/aromatic N) is 1. The van der Waals surface area contributed by atoms with Gasteiger partial charge in [-0.25, -0.2) is 0 Å². The van der Waals surface area contributed by atoms with E-state index in [9.17, 15) is 14.9 Å². The maximum absolute atomic E-state index is 11.8. The minimum Gasteiger partial charge on any atom is -0.352 e. The molecule has 0 aliphatic carbocycles. The highest BCUT2D eigenvalue weighted by molar-refractivity contribution is 5.76. The summed E-state index contributed by atoms with van der Waals surface area (Å²) in [7, 11) is 0. The molecule has 1 saturated heterocycles. The van der Waals surface area contributed by atoms with Gasteiger partial charge in [0.1, 0.15) is 0 Å². The highest BCUT2D eigenvalue weighted by atomic mass is 16.6. The summed E-state index contributed by atoms with van der Waals surface area (Å²) in [4.78, 5) is 22.3. The highest BCUT2D eigenvalue weighted by Crippen LogP contribution is 2.17. The van der Waals surface area contributed by atoms with E-state index in [1.54, 1.807) is 18.2 Å². The number of para-hydroxylation sites is 1. The van der Waals surface area contributed by atoms with Crippen molar-refractivity contribution in [3.63, 3.8) is 0 Å². The van der Waals surface area contributed by atoms with Crippen molar-refractivity contribution >= 4 is 11.6 Å². The summed E-state index contributed by atoms with van der Waals surface area (Å²) in [5.41, 5.74) is 0.582. The van der Waals surface area contributed by atoms with E-state index in [0.29, 0.717) is 18.0 Å². The molecule has 2 rings (SSSR count). The van der Waals surface area contributed by atoms with E-state index in [4.69, 9.17) is 0 Å². The second-order valence-corrected chi connectivity index (χ2v) is 5.35. The Bertz CT molecular complexity index is 499. The smallest absolute Gasteiger partial charge is 0.274 e. The van der Waals surface area contributed by atoms with Crippen molar-refractivity contribution < 1.29 is 9.72 Å². The molecule has 1 aromatic rings. The lowest BCUT2D eigenvalue weighted by Crippen LogP contribution is -2.35. The molecule has 0 radical (unpaired) electrons. The van der Waals surface area contributed by atoms with Crippen LogP contribution in [0.2, 0.25) is 0 Å². The number of nitro groups is 1. The SMILES string of the molecule is O=C(CCC1CCCCN1)NCc1ccccc1[N+](=O)[O-]. The molecule has 1 amide bonds. The molecule has 21 heavy (non-hydrogen) atoms. The van der Waals surface area contributed by atoms with E-state index in [1.807, 2.05) is 0 Å². The lowest BCUT2D eigenvalue weighted by Gasteiger charge is -2.23. The van der Waals surface area contributed by atoms with E-state index in [1.165, 1.54) is 18.9 Å². The molecule has 1 aromatic carbocycles. The molecule has 0 aromatic heterocycles. The fourth-order valence-corrected chi connectivity index (χ4v) is 2.60. The maximum Gasteiger partial charge on any atom is 0.274 e. The van der Waals surface area contributed by atoms with Crippen molar-refractivity contribution in [2.45, 2.75) is 44.7 Å². The summed E-state index contributed by atoms with van der Waals surface area (Å²) in [6, 6.07) is 6.91. The zero-order chi connectivity index (χ0) is 15.1. The summed E-state index contributed by atoms with van der Waals surface area (Å²) >= 11 is 0. The molecule has 1 aliphatic heterocycles. The highest BCUT2D eigenvalue weighted by Gasteiger charge is 2.15. The van der Waals surface area contributed by atoms with Crippen LogP contribution in [0.1, 0.15) is 37.7 Å². The number of nitrogens with one attached hydrogen (secondary N) is 2. The van der Waals surface area contributed by atoms with E-state index < -0.39 is 4.92 Å². The molecule has 114 valence electrons. The molecule has 1 heterocycles. The zero-order valence-electron chi connectivity index (χ0n) is 12.0. The molecule has 0 bridgehead atoms. The number of hydrogen-bond acceptors (Lipinski definition) is 4. The molecule has 0 spiro atoms. The predicted octanol–water partition coefficient (Wildman–Crippen LogP) is 2.13. The van der Waals surface area contributed by atoms with Crippen molar-refractivity contribution in [3.8, 4) is 0 Å². The van der Waals surface area contributed by atoms with Gasteiger partial charge in [-0.3, -0.25) is 14.9 Å². The van der Waals surface area contributed by atoms with Crippen molar-refractivity contribution in [2.24, 2.45) is 0 Å². The van der Waals surface area contributed by atoms with Crippen LogP contribution in [0.25, 0.3) is 0 Å². The van der Waals surface area contributed by atoms with Gasteiger partial charge in [-0.05, 0) is 25.8 Å². The van der Waals surface area contributed by atoms with E-state index in [2.05, 4.69) is 10.6 Å². The molecule has 1 atom stereocenters. The van der Waals surface area contributed by atoms with Crippen LogP contribution >= 0.6 is 0 Å². The number of benzene rings is 1. The molecule has 6 heteroatoms. The molecule has 0 saturated carbocycles. The fraction of sp³-hybridized carbons (Fsp3) is 0.533. The second-order valence-electron chi connectivity index (χ2n) is 5.35. The number of nitro benzene ring substituents is 1. The Hall–Kier alpha value is -1.95. The van der Waals surface area contributed by atoms with Crippen molar-refractivity contribution in [1.82, 2.24) is 10.6 Å². The predicted molar refractivity (Wildman–Crippen MR) is 79.8 cm³/mol. The third-order valence-corrected chi connectivity index (χ3v) is 3.80. The van der Waals surface area contributed by atoms with Crippen molar-refractivity contribution in [1.29, 1.82) is 0 Å². The summed E-state index contributed by atoms with van der Waals surface area (Å²) in [6.45, 7) is 1.23. The average Bonchev–Trinajstić information content (AvgIpc) is 2.52.